The number of anilines is 2. The van der Waals surface area contributed by atoms with E-state index in [0.29, 0.717) is 6.42 Å². The molecule has 3 aromatic rings. The first-order valence-corrected chi connectivity index (χ1v) is 8.09. The number of rotatable bonds is 7. The van der Waals surface area contributed by atoms with Crippen LogP contribution in [0, 0.1) is 0 Å². The van der Waals surface area contributed by atoms with Crippen molar-refractivity contribution in [1.82, 2.24) is 30.1 Å². The first-order valence-electron chi connectivity index (χ1n) is 8.09. The number of aromatic nitrogens is 6. The molecule has 0 radical (unpaired) electrons. The number of pyridine rings is 1. The maximum absolute atomic E-state index is 5.86. The van der Waals surface area contributed by atoms with E-state index in [2.05, 4.69) is 49.3 Å². The molecule has 3 heterocycles. The fraction of sp³-hybridized carbons (Fsp3) is 0.438. The first kappa shape index (κ1) is 16.1. The Kier molecular flexibility index (Phi) is 4.54. The Morgan fingerprint density at radius 2 is 2.21 bits per heavy atom. The third-order valence-electron chi connectivity index (χ3n) is 4.04. The summed E-state index contributed by atoms with van der Waals surface area (Å²) in [5, 5.41) is 11.3. The number of nitrogens with zero attached hydrogens (tertiary/aromatic N) is 5. The smallest absolute Gasteiger partial charge is 0.222 e. The molecule has 4 N–H and O–H groups in total. The summed E-state index contributed by atoms with van der Waals surface area (Å²) in [6.07, 6.45) is 8.84. The third kappa shape index (κ3) is 3.58. The second-order valence-electron chi connectivity index (χ2n) is 6.22. The molecular weight excluding hydrogens is 304 g/mol. The van der Waals surface area contributed by atoms with Gasteiger partial charge in [0.2, 0.25) is 5.95 Å². The monoisotopic (exact) mass is 326 g/mol. The number of nitrogens with one attached hydrogen (secondary N) is 2. The summed E-state index contributed by atoms with van der Waals surface area (Å²) < 4.78 is 0. The Balaban J connectivity index is 1.95. The highest BCUT2D eigenvalue weighted by atomic mass is 15.2. The molecular formula is C16H22N8. The van der Waals surface area contributed by atoms with Gasteiger partial charge in [-0.2, -0.15) is 10.1 Å². The van der Waals surface area contributed by atoms with E-state index < -0.39 is 0 Å². The molecule has 0 fully saturated rings. The van der Waals surface area contributed by atoms with Crippen molar-refractivity contribution in [1.29, 1.82) is 0 Å². The lowest BCUT2D eigenvalue weighted by atomic mass is 9.90. The van der Waals surface area contributed by atoms with Crippen molar-refractivity contribution in [3.8, 4) is 0 Å². The average molecular weight is 326 g/mol. The molecule has 1 atom stereocenters. The second-order valence-corrected chi connectivity index (χ2v) is 6.22. The predicted molar refractivity (Wildman–Crippen MR) is 93.4 cm³/mol. The summed E-state index contributed by atoms with van der Waals surface area (Å²) in [4.78, 5) is 17.0. The highest BCUT2D eigenvalue weighted by molar-refractivity contribution is 5.89. The largest absolute Gasteiger partial charge is 0.368 e. The molecule has 3 aromatic heterocycles. The Morgan fingerprint density at radius 3 is 2.96 bits per heavy atom. The number of aromatic amines is 1. The van der Waals surface area contributed by atoms with Gasteiger partial charge in [0.25, 0.3) is 0 Å². The van der Waals surface area contributed by atoms with Gasteiger partial charge in [0, 0.05) is 23.5 Å². The molecule has 3 rings (SSSR count). The van der Waals surface area contributed by atoms with Gasteiger partial charge in [0.05, 0.1) is 11.7 Å². The highest BCUT2D eigenvalue weighted by Gasteiger charge is 2.27. The van der Waals surface area contributed by atoms with Gasteiger partial charge in [-0.3, -0.25) is 10.1 Å². The number of hydrogen-bond acceptors (Lipinski definition) is 7. The number of fused-ring (bicyclic) bond motifs is 1. The molecule has 0 aliphatic heterocycles. The minimum absolute atomic E-state index is 0.230. The lowest BCUT2D eigenvalue weighted by Gasteiger charge is -2.31. The van der Waals surface area contributed by atoms with Gasteiger partial charge in [-0.15, -0.1) is 0 Å². The summed E-state index contributed by atoms with van der Waals surface area (Å²) in [7, 11) is 0. The highest BCUT2D eigenvalue weighted by Crippen LogP contribution is 2.27. The second kappa shape index (κ2) is 6.77. The van der Waals surface area contributed by atoms with Crippen LogP contribution in [0.3, 0.4) is 0 Å². The van der Waals surface area contributed by atoms with Crippen molar-refractivity contribution in [3.63, 3.8) is 0 Å². The normalized spacial score (nSPS) is 13.8. The minimum atomic E-state index is -0.230. The number of nitrogens with two attached hydrogens (primary N) is 1. The fourth-order valence-corrected chi connectivity index (χ4v) is 2.83. The maximum atomic E-state index is 5.86. The summed E-state index contributed by atoms with van der Waals surface area (Å²) >= 11 is 0. The van der Waals surface area contributed by atoms with Crippen LogP contribution in [-0.2, 0) is 6.42 Å². The first-order chi connectivity index (χ1) is 11.6. The van der Waals surface area contributed by atoms with Crippen molar-refractivity contribution in [2.75, 3.05) is 11.1 Å². The molecule has 0 aliphatic rings. The van der Waals surface area contributed by atoms with Gasteiger partial charge in [-0.05, 0) is 19.4 Å². The van der Waals surface area contributed by atoms with Gasteiger partial charge in [0.1, 0.15) is 18.0 Å². The van der Waals surface area contributed by atoms with E-state index in [1.165, 1.54) is 6.33 Å². The van der Waals surface area contributed by atoms with E-state index >= 15 is 0 Å². The zero-order valence-electron chi connectivity index (χ0n) is 14.0. The fourth-order valence-electron chi connectivity index (χ4n) is 2.83. The zero-order valence-corrected chi connectivity index (χ0v) is 14.0. The van der Waals surface area contributed by atoms with Crippen LogP contribution in [0.25, 0.3) is 10.9 Å². The van der Waals surface area contributed by atoms with Crippen molar-refractivity contribution >= 4 is 22.7 Å². The van der Waals surface area contributed by atoms with Gasteiger partial charge in [0.15, 0.2) is 0 Å². The molecule has 126 valence electrons. The molecule has 0 saturated carbocycles. The van der Waals surface area contributed by atoms with E-state index in [9.17, 15) is 0 Å². The lowest BCUT2D eigenvalue weighted by Crippen LogP contribution is -2.38. The molecule has 8 heteroatoms. The molecule has 8 nitrogen and oxygen atoms in total. The van der Waals surface area contributed by atoms with E-state index in [-0.39, 0.29) is 11.5 Å². The summed E-state index contributed by atoms with van der Waals surface area (Å²) in [5.41, 5.74) is 6.36. The Morgan fingerprint density at radius 1 is 1.33 bits per heavy atom. The Bertz CT molecular complexity index is 801. The number of nitrogen functional groups attached to an aromatic ring is 1. The molecule has 0 saturated heterocycles. The average Bonchev–Trinajstić information content (AvgIpc) is 3.05. The molecule has 0 spiro atoms. The summed E-state index contributed by atoms with van der Waals surface area (Å²) in [6.45, 7) is 4.34. The van der Waals surface area contributed by atoms with Gasteiger partial charge in [-0.1, -0.05) is 19.8 Å². The van der Waals surface area contributed by atoms with Crippen LogP contribution in [0.2, 0.25) is 0 Å². The number of hydrogen-bond donors (Lipinski definition) is 3. The molecule has 0 aliphatic carbocycles. The van der Waals surface area contributed by atoms with Gasteiger partial charge >= 0.3 is 0 Å². The molecule has 24 heavy (non-hydrogen) atoms. The maximum Gasteiger partial charge on any atom is 0.222 e. The van der Waals surface area contributed by atoms with Crippen LogP contribution in [-0.4, -0.2) is 35.7 Å². The molecule has 0 bridgehead atoms. The molecule has 0 unspecified atom stereocenters. The quantitative estimate of drug-likeness (QED) is 0.609. The molecule has 0 amide bonds. The SMILES string of the molecule is CCCC[C@](C)(Cc1ncn[nH]1)Nc1nc(N)nc2cnccc12. The third-order valence-corrected chi connectivity index (χ3v) is 4.04. The van der Waals surface area contributed by atoms with Crippen LogP contribution in [0.15, 0.2) is 24.8 Å². The predicted octanol–water partition coefficient (Wildman–Crippen LogP) is 2.33. The summed E-state index contributed by atoms with van der Waals surface area (Å²) in [5.74, 6) is 1.79. The molecule has 0 aromatic carbocycles. The Hall–Kier alpha value is -2.77. The van der Waals surface area contributed by atoms with Crippen molar-refractivity contribution < 1.29 is 0 Å². The van der Waals surface area contributed by atoms with Crippen molar-refractivity contribution in [2.45, 2.75) is 45.1 Å². The Labute approximate surface area is 140 Å². The van der Waals surface area contributed by atoms with Crippen molar-refractivity contribution in [3.05, 3.63) is 30.6 Å². The van der Waals surface area contributed by atoms with Gasteiger partial charge < -0.3 is 11.1 Å². The van der Waals surface area contributed by atoms with Gasteiger partial charge in [-0.25, -0.2) is 9.97 Å². The zero-order chi connectivity index (χ0) is 17.0. The van der Waals surface area contributed by atoms with Crippen LogP contribution in [0.5, 0.6) is 0 Å². The number of unbranched alkanes of at least 4 members (excludes halogenated alkanes) is 1. The van der Waals surface area contributed by atoms with Crippen LogP contribution < -0.4 is 11.1 Å². The van der Waals surface area contributed by atoms with Crippen LogP contribution >= 0.6 is 0 Å². The van der Waals surface area contributed by atoms with Crippen LogP contribution in [0.1, 0.15) is 38.9 Å². The summed E-state index contributed by atoms with van der Waals surface area (Å²) in [6, 6.07) is 1.89. The standard InChI is InChI=1S/C16H22N8/c1-3-4-6-16(2,8-13-19-10-20-24-13)23-14-11-5-7-18-9-12(11)21-15(17)22-14/h5,7,9-10H,3-4,6,8H2,1-2H3,(H,19,20,24)(H3,17,21,22,23)/t16-/m1/s1. The number of H-pyrrole nitrogens is 1. The van der Waals surface area contributed by atoms with E-state index in [0.717, 1.165) is 41.8 Å². The van der Waals surface area contributed by atoms with Crippen LogP contribution in [0.4, 0.5) is 11.8 Å². The lowest BCUT2D eigenvalue weighted by molar-refractivity contribution is 0.440. The topological polar surface area (TPSA) is 118 Å². The van der Waals surface area contributed by atoms with E-state index in [1.807, 2.05) is 6.07 Å². The van der Waals surface area contributed by atoms with E-state index in [4.69, 9.17) is 5.73 Å². The van der Waals surface area contributed by atoms with E-state index in [1.54, 1.807) is 12.4 Å². The minimum Gasteiger partial charge on any atom is -0.368 e. The van der Waals surface area contributed by atoms with Crippen molar-refractivity contribution in [2.24, 2.45) is 0 Å².